The normalized spacial score (nSPS) is 12.0. The zero-order chi connectivity index (χ0) is 15.2. The van der Waals surface area contributed by atoms with Crippen molar-refractivity contribution in [2.45, 2.75) is 26.4 Å². The molecule has 21 heavy (non-hydrogen) atoms. The zero-order valence-corrected chi connectivity index (χ0v) is 13.1. The Morgan fingerprint density at radius 2 is 1.71 bits per heavy atom. The minimum Gasteiger partial charge on any atom is -0.496 e. The molecule has 0 radical (unpaired) electrons. The number of hydrogen-bond donors (Lipinski definition) is 1. The summed E-state index contributed by atoms with van der Waals surface area (Å²) in [7, 11) is 3.41. The number of para-hydroxylation sites is 1. The summed E-state index contributed by atoms with van der Waals surface area (Å²) in [5.41, 5.74) is 3.56. The fourth-order valence-electron chi connectivity index (χ4n) is 2.44. The maximum Gasteiger partial charge on any atom is 0.123 e. The molecule has 3 nitrogen and oxygen atoms in total. The van der Waals surface area contributed by atoms with Gasteiger partial charge in [0.05, 0.1) is 14.2 Å². The largest absolute Gasteiger partial charge is 0.496 e. The smallest absolute Gasteiger partial charge is 0.123 e. The molecule has 0 unspecified atom stereocenters. The predicted molar refractivity (Wildman–Crippen MR) is 86.0 cm³/mol. The Labute approximate surface area is 126 Å². The van der Waals surface area contributed by atoms with E-state index < -0.39 is 0 Å². The number of nitrogens with one attached hydrogen (secondary N) is 1. The van der Waals surface area contributed by atoms with Gasteiger partial charge in [-0.2, -0.15) is 0 Å². The van der Waals surface area contributed by atoms with E-state index in [0.29, 0.717) is 0 Å². The minimum atomic E-state index is 0.200. The maximum atomic E-state index is 5.42. The Kier molecular flexibility index (Phi) is 5.23. The number of ether oxygens (including phenoxy) is 2. The molecule has 0 fully saturated rings. The van der Waals surface area contributed by atoms with Crippen molar-refractivity contribution in [1.29, 1.82) is 0 Å². The molecule has 1 atom stereocenters. The highest BCUT2D eigenvalue weighted by Crippen LogP contribution is 2.26. The van der Waals surface area contributed by atoms with Crippen LogP contribution in [0.5, 0.6) is 11.5 Å². The molecule has 0 saturated carbocycles. The van der Waals surface area contributed by atoms with Gasteiger partial charge >= 0.3 is 0 Å². The molecule has 0 aliphatic heterocycles. The Hall–Kier alpha value is -2.00. The van der Waals surface area contributed by atoms with Gasteiger partial charge in [0.15, 0.2) is 0 Å². The van der Waals surface area contributed by atoms with Crippen LogP contribution in [0, 0.1) is 6.92 Å². The fourth-order valence-corrected chi connectivity index (χ4v) is 2.44. The number of rotatable bonds is 6. The molecule has 0 heterocycles. The molecule has 0 aliphatic carbocycles. The van der Waals surface area contributed by atoms with Crippen molar-refractivity contribution < 1.29 is 9.47 Å². The lowest BCUT2D eigenvalue weighted by molar-refractivity contribution is 0.397. The summed E-state index contributed by atoms with van der Waals surface area (Å²) in [6.45, 7) is 4.98. The van der Waals surface area contributed by atoms with E-state index in [1.54, 1.807) is 14.2 Å². The van der Waals surface area contributed by atoms with Crippen LogP contribution in [0.3, 0.4) is 0 Å². The van der Waals surface area contributed by atoms with E-state index >= 15 is 0 Å². The van der Waals surface area contributed by atoms with Crippen molar-refractivity contribution in [1.82, 2.24) is 5.32 Å². The van der Waals surface area contributed by atoms with Crippen molar-refractivity contribution in [3.8, 4) is 11.5 Å². The summed E-state index contributed by atoms with van der Waals surface area (Å²) in [5.74, 6) is 1.83. The molecule has 3 heteroatoms. The molecular formula is C18H23NO2. The van der Waals surface area contributed by atoms with E-state index in [4.69, 9.17) is 9.47 Å². The van der Waals surface area contributed by atoms with Gasteiger partial charge in [-0.3, -0.25) is 0 Å². The first-order chi connectivity index (χ1) is 10.2. The van der Waals surface area contributed by atoms with Gasteiger partial charge in [0.1, 0.15) is 11.5 Å². The number of methoxy groups -OCH3 is 2. The van der Waals surface area contributed by atoms with Crippen LogP contribution in [0.4, 0.5) is 0 Å². The van der Waals surface area contributed by atoms with Crippen LogP contribution in [-0.4, -0.2) is 14.2 Å². The average molecular weight is 285 g/mol. The quantitative estimate of drug-likeness (QED) is 0.874. The lowest BCUT2D eigenvalue weighted by Crippen LogP contribution is -2.19. The van der Waals surface area contributed by atoms with Crippen LogP contribution >= 0.6 is 0 Å². The van der Waals surface area contributed by atoms with Gasteiger partial charge in [0.25, 0.3) is 0 Å². The highest BCUT2D eigenvalue weighted by Gasteiger charge is 2.11. The molecule has 1 N–H and O–H groups in total. The van der Waals surface area contributed by atoms with Gasteiger partial charge in [-0.15, -0.1) is 0 Å². The Bertz CT molecular complexity index is 596. The number of aryl methyl sites for hydroxylation is 1. The van der Waals surface area contributed by atoms with Crippen LogP contribution in [0.2, 0.25) is 0 Å². The SMILES string of the molecule is COc1ccc(C)cc1CN[C@@H](C)c1ccccc1OC. The van der Waals surface area contributed by atoms with Crippen LogP contribution in [0.25, 0.3) is 0 Å². The van der Waals surface area contributed by atoms with Crippen molar-refractivity contribution >= 4 is 0 Å². The molecule has 0 bridgehead atoms. The summed E-state index contributed by atoms with van der Waals surface area (Å²) < 4.78 is 10.8. The highest BCUT2D eigenvalue weighted by molar-refractivity contribution is 5.38. The van der Waals surface area contributed by atoms with Gasteiger partial charge in [0, 0.05) is 23.7 Å². The first kappa shape index (κ1) is 15.4. The summed E-state index contributed by atoms with van der Waals surface area (Å²) in [5, 5.41) is 3.53. The standard InChI is InChI=1S/C18H23NO2/c1-13-9-10-17(20-3)15(11-13)12-19-14(2)16-7-5-6-8-18(16)21-4/h5-11,14,19H,12H2,1-4H3/t14-/m0/s1. The third-order valence-electron chi connectivity index (χ3n) is 3.64. The molecular weight excluding hydrogens is 262 g/mol. The minimum absolute atomic E-state index is 0.200. The van der Waals surface area contributed by atoms with Crippen molar-refractivity contribution in [2.75, 3.05) is 14.2 Å². The van der Waals surface area contributed by atoms with E-state index in [0.717, 1.165) is 23.6 Å². The topological polar surface area (TPSA) is 30.5 Å². The second kappa shape index (κ2) is 7.14. The predicted octanol–water partition coefficient (Wildman–Crippen LogP) is 3.86. The molecule has 2 aromatic carbocycles. The summed E-state index contributed by atoms with van der Waals surface area (Å²) >= 11 is 0. The molecule has 0 aromatic heterocycles. The summed E-state index contributed by atoms with van der Waals surface area (Å²) in [6, 6.07) is 14.5. The third-order valence-corrected chi connectivity index (χ3v) is 3.64. The van der Waals surface area contributed by atoms with E-state index in [-0.39, 0.29) is 6.04 Å². The van der Waals surface area contributed by atoms with Crippen molar-refractivity contribution in [3.05, 3.63) is 59.2 Å². The molecule has 2 rings (SSSR count). The molecule has 0 aliphatic rings. The zero-order valence-electron chi connectivity index (χ0n) is 13.1. The lowest BCUT2D eigenvalue weighted by Gasteiger charge is -2.18. The van der Waals surface area contributed by atoms with E-state index in [1.807, 2.05) is 24.3 Å². The molecule has 0 spiro atoms. The van der Waals surface area contributed by atoms with Gasteiger partial charge in [0.2, 0.25) is 0 Å². The Morgan fingerprint density at radius 3 is 2.43 bits per heavy atom. The highest BCUT2D eigenvalue weighted by atomic mass is 16.5. The second-order valence-corrected chi connectivity index (χ2v) is 5.16. The van der Waals surface area contributed by atoms with Crippen LogP contribution in [0.1, 0.15) is 29.7 Å². The van der Waals surface area contributed by atoms with Crippen LogP contribution in [-0.2, 0) is 6.54 Å². The molecule has 0 saturated heterocycles. The summed E-state index contributed by atoms with van der Waals surface area (Å²) in [4.78, 5) is 0. The fraction of sp³-hybridized carbons (Fsp3) is 0.333. The number of hydrogen-bond acceptors (Lipinski definition) is 3. The van der Waals surface area contributed by atoms with Crippen molar-refractivity contribution in [2.24, 2.45) is 0 Å². The third kappa shape index (κ3) is 3.76. The van der Waals surface area contributed by atoms with E-state index in [9.17, 15) is 0 Å². The first-order valence-corrected chi connectivity index (χ1v) is 7.15. The number of benzene rings is 2. The van der Waals surface area contributed by atoms with Gasteiger partial charge in [-0.25, -0.2) is 0 Å². The summed E-state index contributed by atoms with van der Waals surface area (Å²) in [6.07, 6.45) is 0. The van der Waals surface area contributed by atoms with Crippen molar-refractivity contribution in [3.63, 3.8) is 0 Å². The van der Waals surface area contributed by atoms with Gasteiger partial charge < -0.3 is 14.8 Å². The first-order valence-electron chi connectivity index (χ1n) is 7.15. The molecule has 0 amide bonds. The van der Waals surface area contributed by atoms with Crippen LogP contribution < -0.4 is 14.8 Å². The second-order valence-electron chi connectivity index (χ2n) is 5.16. The monoisotopic (exact) mass is 285 g/mol. The van der Waals surface area contributed by atoms with Gasteiger partial charge in [-0.1, -0.05) is 35.9 Å². The van der Waals surface area contributed by atoms with E-state index in [2.05, 4.69) is 37.4 Å². The Morgan fingerprint density at radius 1 is 1.00 bits per heavy atom. The molecule has 112 valence electrons. The van der Waals surface area contributed by atoms with Gasteiger partial charge in [-0.05, 0) is 26.0 Å². The van der Waals surface area contributed by atoms with Crippen LogP contribution in [0.15, 0.2) is 42.5 Å². The molecule has 2 aromatic rings. The lowest BCUT2D eigenvalue weighted by atomic mass is 10.1. The average Bonchev–Trinajstić information content (AvgIpc) is 2.52. The maximum absolute atomic E-state index is 5.42. The van der Waals surface area contributed by atoms with E-state index in [1.165, 1.54) is 11.1 Å². The Balaban J connectivity index is 2.11.